The number of nitro benzene ring substituents is 1. The van der Waals surface area contributed by atoms with E-state index in [0.717, 1.165) is 32.2 Å². The zero-order chi connectivity index (χ0) is 30.3. The second-order valence-corrected chi connectivity index (χ2v) is 12.6. The van der Waals surface area contributed by atoms with Gasteiger partial charge in [-0.1, -0.05) is 76.7 Å². The van der Waals surface area contributed by atoms with Crippen molar-refractivity contribution < 1.29 is 24.0 Å². The fourth-order valence-corrected chi connectivity index (χ4v) is 2.84. The van der Waals surface area contributed by atoms with E-state index in [0.29, 0.717) is 17.3 Å². The van der Waals surface area contributed by atoms with Crippen molar-refractivity contribution >= 4 is 23.2 Å². The number of nitrogens with zero attached hydrogens (tertiary/aromatic N) is 1. The number of nitro groups is 1. The van der Waals surface area contributed by atoms with Gasteiger partial charge in [-0.2, -0.15) is 0 Å². The Kier molecular flexibility index (Phi) is 22.5. The first-order valence-electron chi connectivity index (χ1n) is 13.4. The van der Waals surface area contributed by atoms with E-state index in [-0.39, 0.29) is 43.3 Å². The van der Waals surface area contributed by atoms with E-state index in [1.165, 1.54) is 24.3 Å². The van der Waals surface area contributed by atoms with Crippen LogP contribution in [-0.2, 0) is 14.4 Å². The SMILES string of the molecule is C.C.CC(C)(C)C(=O)Oc1ccc([N+](=O)[O-])cc1.CCCCC(=O)C(C)(C)C.CNCCC(C)C(=O)C(C)(C)C. The minimum absolute atomic E-state index is 0. The Morgan fingerprint density at radius 1 is 0.900 bits per heavy atom. The molecular weight excluding hydrogens is 508 g/mol. The topological polar surface area (TPSA) is 116 Å². The molecule has 40 heavy (non-hydrogen) atoms. The van der Waals surface area contributed by atoms with Crippen LogP contribution in [0, 0.1) is 32.3 Å². The summed E-state index contributed by atoms with van der Waals surface area (Å²) >= 11 is 0. The van der Waals surface area contributed by atoms with E-state index in [4.69, 9.17) is 4.74 Å². The van der Waals surface area contributed by atoms with Crippen LogP contribution in [0.1, 0.15) is 117 Å². The highest BCUT2D eigenvalue weighted by atomic mass is 16.6. The molecule has 0 aromatic heterocycles. The number of unbranched alkanes of at least 4 members (excludes halogenated alkanes) is 1. The molecule has 0 bridgehead atoms. The number of Topliss-reactive ketones (excluding diaryl/α,β-unsaturated/α-hetero) is 2. The van der Waals surface area contributed by atoms with Gasteiger partial charge in [0.25, 0.3) is 5.69 Å². The van der Waals surface area contributed by atoms with Crippen molar-refractivity contribution in [2.24, 2.45) is 22.2 Å². The molecule has 0 heterocycles. The van der Waals surface area contributed by atoms with Crippen molar-refractivity contribution in [3.05, 3.63) is 34.4 Å². The Morgan fingerprint density at radius 3 is 1.70 bits per heavy atom. The van der Waals surface area contributed by atoms with E-state index in [1.807, 2.05) is 55.5 Å². The van der Waals surface area contributed by atoms with Gasteiger partial charge in [0, 0.05) is 35.3 Å². The molecule has 0 saturated carbocycles. The van der Waals surface area contributed by atoms with E-state index in [1.54, 1.807) is 20.8 Å². The van der Waals surface area contributed by atoms with Crippen molar-refractivity contribution in [2.75, 3.05) is 13.6 Å². The molecule has 0 spiro atoms. The summed E-state index contributed by atoms with van der Waals surface area (Å²) < 4.78 is 5.05. The maximum Gasteiger partial charge on any atom is 0.316 e. The molecule has 234 valence electrons. The van der Waals surface area contributed by atoms with Crippen molar-refractivity contribution in [1.29, 1.82) is 0 Å². The van der Waals surface area contributed by atoms with Gasteiger partial charge >= 0.3 is 5.97 Å². The molecule has 0 aliphatic carbocycles. The number of carbonyl (C=O) groups is 3. The van der Waals surface area contributed by atoms with Crippen LogP contribution < -0.4 is 10.1 Å². The number of rotatable bonds is 9. The average molecular weight is 569 g/mol. The molecule has 1 unspecified atom stereocenters. The first-order valence-corrected chi connectivity index (χ1v) is 13.4. The Balaban J connectivity index is -0.000000245. The number of hydrogen-bond donors (Lipinski definition) is 1. The highest BCUT2D eigenvalue weighted by Crippen LogP contribution is 2.22. The van der Waals surface area contributed by atoms with Gasteiger partial charge in [0.2, 0.25) is 0 Å². The summed E-state index contributed by atoms with van der Waals surface area (Å²) in [7, 11) is 1.91. The van der Waals surface area contributed by atoms with Gasteiger partial charge in [-0.15, -0.1) is 0 Å². The monoisotopic (exact) mass is 568 g/mol. The molecule has 0 aliphatic rings. The standard InChI is InChI=1S/C11H13NO4.C10H21NO.C9H18O.2CH4/c1-11(2,3)10(13)16-9-6-4-8(5-7-9)12(14)15;1-8(6-7-11-5)9(12)10(2,3)4;1-5-6-7-8(10)9(2,3)4;;/h4-7H,1-3H3;8,11H,6-7H2,1-5H3;5-7H2,1-4H3;2*1H4. The van der Waals surface area contributed by atoms with Crippen LogP contribution in [0.3, 0.4) is 0 Å². The van der Waals surface area contributed by atoms with Crippen molar-refractivity contribution in [2.45, 2.75) is 117 Å². The minimum Gasteiger partial charge on any atom is -0.426 e. The third-order valence-corrected chi connectivity index (χ3v) is 5.48. The number of ketones is 2. The molecule has 0 radical (unpaired) electrons. The molecule has 1 aromatic carbocycles. The van der Waals surface area contributed by atoms with Gasteiger partial charge in [-0.3, -0.25) is 24.5 Å². The quantitative estimate of drug-likeness (QED) is 0.137. The van der Waals surface area contributed by atoms with Gasteiger partial charge in [0.05, 0.1) is 10.3 Å². The molecule has 1 N–H and O–H groups in total. The molecule has 0 saturated heterocycles. The van der Waals surface area contributed by atoms with E-state index in [2.05, 4.69) is 12.2 Å². The lowest BCUT2D eigenvalue weighted by molar-refractivity contribution is -0.384. The smallest absolute Gasteiger partial charge is 0.316 e. The fourth-order valence-electron chi connectivity index (χ4n) is 2.84. The van der Waals surface area contributed by atoms with Crippen molar-refractivity contribution in [1.82, 2.24) is 5.32 Å². The lowest BCUT2D eigenvalue weighted by Crippen LogP contribution is -2.28. The number of hydrogen-bond acceptors (Lipinski definition) is 7. The Bertz CT molecular complexity index is 873. The van der Waals surface area contributed by atoms with Crippen molar-refractivity contribution in [3.8, 4) is 5.75 Å². The Labute approximate surface area is 245 Å². The van der Waals surface area contributed by atoms with Gasteiger partial charge in [-0.05, 0) is 59.3 Å². The first kappa shape index (κ1) is 44.4. The number of benzene rings is 1. The lowest BCUT2D eigenvalue weighted by Gasteiger charge is -2.21. The summed E-state index contributed by atoms with van der Waals surface area (Å²) in [5.74, 6) is 0.858. The predicted molar refractivity (Wildman–Crippen MR) is 168 cm³/mol. The predicted octanol–water partition coefficient (Wildman–Crippen LogP) is 8.46. The minimum atomic E-state index is -0.595. The largest absolute Gasteiger partial charge is 0.426 e. The molecule has 1 atom stereocenters. The Hall–Kier alpha value is -2.61. The van der Waals surface area contributed by atoms with Gasteiger partial charge in [-0.25, -0.2) is 0 Å². The summed E-state index contributed by atoms with van der Waals surface area (Å²) in [5.41, 5.74) is -0.944. The maximum absolute atomic E-state index is 11.6. The zero-order valence-corrected chi connectivity index (χ0v) is 25.8. The van der Waals surface area contributed by atoms with Crippen molar-refractivity contribution in [3.63, 3.8) is 0 Å². The van der Waals surface area contributed by atoms with Gasteiger partial charge in [0.15, 0.2) is 0 Å². The number of nitrogens with one attached hydrogen (secondary N) is 1. The molecule has 0 aliphatic heterocycles. The highest BCUT2D eigenvalue weighted by Gasteiger charge is 2.26. The Morgan fingerprint density at radius 2 is 1.38 bits per heavy atom. The summed E-state index contributed by atoms with van der Waals surface area (Å²) in [6.45, 7) is 22.1. The second kappa shape index (κ2) is 20.3. The molecule has 1 aromatic rings. The van der Waals surface area contributed by atoms with Gasteiger partial charge in [0.1, 0.15) is 17.3 Å². The molecule has 0 fully saturated rings. The van der Waals surface area contributed by atoms with Crippen LogP contribution >= 0.6 is 0 Å². The number of ether oxygens (including phenoxy) is 1. The second-order valence-electron chi connectivity index (χ2n) is 12.6. The molecule has 1 rings (SSSR count). The van der Waals surface area contributed by atoms with Crippen LogP contribution in [0.2, 0.25) is 0 Å². The molecule has 0 amide bonds. The molecule has 8 nitrogen and oxygen atoms in total. The summed E-state index contributed by atoms with van der Waals surface area (Å²) in [6.07, 6.45) is 3.84. The number of carbonyl (C=O) groups excluding carboxylic acids is 3. The summed E-state index contributed by atoms with van der Waals surface area (Å²) in [4.78, 5) is 44.2. The van der Waals surface area contributed by atoms with E-state index >= 15 is 0 Å². The van der Waals surface area contributed by atoms with Gasteiger partial charge < -0.3 is 10.1 Å². The van der Waals surface area contributed by atoms with Crippen LogP contribution in [-0.4, -0.2) is 36.1 Å². The highest BCUT2D eigenvalue weighted by molar-refractivity contribution is 5.85. The zero-order valence-electron chi connectivity index (χ0n) is 25.8. The summed E-state index contributed by atoms with van der Waals surface area (Å²) in [5, 5.41) is 13.4. The molecule has 8 heteroatoms. The average Bonchev–Trinajstić information content (AvgIpc) is 2.79. The molecular formula is C32H60N2O6. The van der Waals surface area contributed by atoms with E-state index < -0.39 is 10.3 Å². The maximum atomic E-state index is 11.6. The fraction of sp³-hybridized carbons (Fsp3) is 0.719. The lowest BCUT2D eigenvalue weighted by atomic mass is 9.82. The van der Waals surface area contributed by atoms with Crippen LogP contribution in [0.15, 0.2) is 24.3 Å². The third kappa shape index (κ3) is 20.3. The van der Waals surface area contributed by atoms with Crippen LogP contribution in [0.4, 0.5) is 5.69 Å². The first-order chi connectivity index (χ1) is 17.2. The third-order valence-electron chi connectivity index (χ3n) is 5.48. The van der Waals surface area contributed by atoms with E-state index in [9.17, 15) is 24.5 Å². The number of esters is 1. The van der Waals surface area contributed by atoms with Crippen LogP contribution in [0.5, 0.6) is 5.75 Å². The van der Waals surface area contributed by atoms with Crippen LogP contribution in [0.25, 0.3) is 0 Å². The normalized spacial score (nSPS) is 11.6. The summed E-state index contributed by atoms with van der Waals surface area (Å²) in [6, 6.07) is 5.40. The number of non-ortho nitro benzene ring substituents is 1.